The maximum Gasteiger partial charge on any atom is 0.144 e. The highest BCUT2D eigenvalue weighted by molar-refractivity contribution is 5.74. The third-order valence-electron chi connectivity index (χ3n) is 3.72. The molecule has 1 saturated heterocycles. The van der Waals surface area contributed by atoms with Crippen LogP contribution in [-0.2, 0) is 0 Å². The van der Waals surface area contributed by atoms with Crippen molar-refractivity contribution in [2.24, 2.45) is 5.92 Å². The standard InChI is InChI=1S/C14H22N2O2/c1-3-18-13-6-4-5-11(14(13)15)16-8-7-10(2)12(16)9-17/h4-6,10,12,17H,3,7-9,15H2,1-2H3. The molecule has 1 fully saturated rings. The summed E-state index contributed by atoms with van der Waals surface area (Å²) in [4.78, 5) is 2.20. The maximum atomic E-state index is 9.52. The molecule has 2 rings (SSSR count). The van der Waals surface area contributed by atoms with Crippen molar-refractivity contribution in [3.8, 4) is 5.75 Å². The Morgan fingerprint density at radius 2 is 2.28 bits per heavy atom. The van der Waals surface area contributed by atoms with Crippen molar-refractivity contribution in [3.05, 3.63) is 18.2 Å². The number of nitrogen functional groups attached to an aromatic ring is 1. The topological polar surface area (TPSA) is 58.7 Å². The molecule has 4 heteroatoms. The molecule has 1 aliphatic rings. The third kappa shape index (κ3) is 2.25. The Labute approximate surface area is 108 Å². The van der Waals surface area contributed by atoms with E-state index < -0.39 is 0 Å². The van der Waals surface area contributed by atoms with Gasteiger partial charge in [0, 0.05) is 6.54 Å². The van der Waals surface area contributed by atoms with Crippen LogP contribution >= 0.6 is 0 Å². The lowest BCUT2D eigenvalue weighted by Gasteiger charge is -2.29. The molecule has 3 N–H and O–H groups in total. The highest BCUT2D eigenvalue weighted by Gasteiger charge is 2.31. The van der Waals surface area contributed by atoms with Gasteiger partial charge in [-0.1, -0.05) is 13.0 Å². The number of para-hydroxylation sites is 1. The van der Waals surface area contributed by atoms with Crippen molar-refractivity contribution < 1.29 is 9.84 Å². The molecule has 0 radical (unpaired) electrons. The molecule has 2 unspecified atom stereocenters. The van der Waals surface area contributed by atoms with Crippen LogP contribution in [0.1, 0.15) is 20.3 Å². The van der Waals surface area contributed by atoms with Crippen LogP contribution in [0.4, 0.5) is 11.4 Å². The number of aliphatic hydroxyl groups excluding tert-OH is 1. The van der Waals surface area contributed by atoms with E-state index in [9.17, 15) is 5.11 Å². The van der Waals surface area contributed by atoms with Gasteiger partial charge in [-0.3, -0.25) is 0 Å². The molecule has 2 atom stereocenters. The molecule has 0 amide bonds. The first-order valence-corrected chi connectivity index (χ1v) is 6.57. The Bertz CT molecular complexity index is 409. The summed E-state index contributed by atoms with van der Waals surface area (Å²) in [6.45, 7) is 5.82. The zero-order chi connectivity index (χ0) is 13.1. The van der Waals surface area contributed by atoms with E-state index in [2.05, 4.69) is 11.8 Å². The molecule has 1 aromatic carbocycles. The quantitative estimate of drug-likeness (QED) is 0.801. The molecule has 0 aromatic heterocycles. The van der Waals surface area contributed by atoms with Crippen LogP contribution in [0, 0.1) is 5.92 Å². The zero-order valence-electron chi connectivity index (χ0n) is 11.1. The van der Waals surface area contributed by atoms with Crippen molar-refractivity contribution in [1.29, 1.82) is 0 Å². The van der Waals surface area contributed by atoms with Crippen LogP contribution in [0.2, 0.25) is 0 Å². The fourth-order valence-corrected chi connectivity index (χ4v) is 2.65. The minimum Gasteiger partial charge on any atom is -0.492 e. The molecule has 4 nitrogen and oxygen atoms in total. The first-order chi connectivity index (χ1) is 8.69. The molecule has 1 heterocycles. The lowest BCUT2D eigenvalue weighted by atomic mass is 10.0. The maximum absolute atomic E-state index is 9.52. The van der Waals surface area contributed by atoms with E-state index in [-0.39, 0.29) is 12.6 Å². The normalized spacial score (nSPS) is 23.4. The summed E-state index contributed by atoms with van der Waals surface area (Å²) in [5.41, 5.74) is 7.81. The van der Waals surface area contributed by atoms with Gasteiger partial charge in [0.05, 0.1) is 30.6 Å². The summed E-state index contributed by atoms with van der Waals surface area (Å²) < 4.78 is 5.52. The Morgan fingerprint density at radius 3 is 2.94 bits per heavy atom. The Balaban J connectivity index is 2.30. The smallest absolute Gasteiger partial charge is 0.144 e. The minimum absolute atomic E-state index is 0.157. The summed E-state index contributed by atoms with van der Waals surface area (Å²) in [5, 5.41) is 9.52. The molecule has 0 saturated carbocycles. The summed E-state index contributed by atoms with van der Waals surface area (Å²) in [5.74, 6) is 1.22. The average Bonchev–Trinajstić information content (AvgIpc) is 2.73. The second-order valence-corrected chi connectivity index (χ2v) is 4.83. The van der Waals surface area contributed by atoms with Crippen LogP contribution in [-0.4, -0.2) is 30.9 Å². The third-order valence-corrected chi connectivity index (χ3v) is 3.72. The van der Waals surface area contributed by atoms with Gasteiger partial charge < -0.3 is 20.5 Å². The molecule has 0 bridgehead atoms. The number of hydrogen-bond acceptors (Lipinski definition) is 4. The highest BCUT2D eigenvalue weighted by atomic mass is 16.5. The van der Waals surface area contributed by atoms with Gasteiger partial charge in [-0.25, -0.2) is 0 Å². The van der Waals surface area contributed by atoms with Gasteiger partial charge in [0.15, 0.2) is 0 Å². The molecule has 1 aromatic rings. The SMILES string of the molecule is CCOc1cccc(N2CCC(C)C2CO)c1N. The summed E-state index contributed by atoms with van der Waals surface area (Å²) in [7, 11) is 0. The zero-order valence-corrected chi connectivity index (χ0v) is 11.1. The first kappa shape index (κ1) is 13.0. The number of rotatable bonds is 4. The van der Waals surface area contributed by atoms with Gasteiger partial charge >= 0.3 is 0 Å². The molecular weight excluding hydrogens is 228 g/mol. The van der Waals surface area contributed by atoms with Gasteiger partial charge in [-0.15, -0.1) is 0 Å². The number of nitrogens with two attached hydrogens (primary N) is 1. The van der Waals surface area contributed by atoms with Crippen LogP contribution in [0.3, 0.4) is 0 Å². The van der Waals surface area contributed by atoms with Gasteiger partial charge in [0.2, 0.25) is 0 Å². The van der Waals surface area contributed by atoms with Crippen molar-refractivity contribution in [3.63, 3.8) is 0 Å². The van der Waals surface area contributed by atoms with E-state index in [4.69, 9.17) is 10.5 Å². The monoisotopic (exact) mass is 250 g/mol. The largest absolute Gasteiger partial charge is 0.492 e. The number of nitrogens with zero attached hydrogens (tertiary/aromatic N) is 1. The number of ether oxygens (including phenoxy) is 1. The van der Waals surface area contributed by atoms with E-state index >= 15 is 0 Å². The van der Waals surface area contributed by atoms with E-state index in [1.54, 1.807) is 0 Å². The van der Waals surface area contributed by atoms with Gasteiger partial charge in [0.25, 0.3) is 0 Å². The highest BCUT2D eigenvalue weighted by Crippen LogP contribution is 2.37. The molecule has 100 valence electrons. The van der Waals surface area contributed by atoms with E-state index in [1.165, 1.54) is 0 Å². The first-order valence-electron chi connectivity index (χ1n) is 6.57. The van der Waals surface area contributed by atoms with Crippen LogP contribution in [0.15, 0.2) is 18.2 Å². The fraction of sp³-hybridized carbons (Fsp3) is 0.571. The van der Waals surface area contributed by atoms with Crippen LogP contribution < -0.4 is 15.4 Å². The van der Waals surface area contributed by atoms with Crippen molar-refractivity contribution >= 4 is 11.4 Å². The second kappa shape index (κ2) is 5.48. The van der Waals surface area contributed by atoms with Crippen LogP contribution in [0.25, 0.3) is 0 Å². The average molecular weight is 250 g/mol. The van der Waals surface area contributed by atoms with E-state index in [1.807, 2.05) is 25.1 Å². The van der Waals surface area contributed by atoms with Crippen molar-refractivity contribution in [2.45, 2.75) is 26.3 Å². The van der Waals surface area contributed by atoms with Crippen molar-refractivity contribution in [2.75, 3.05) is 30.4 Å². The Hall–Kier alpha value is -1.42. The summed E-state index contributed by atoms with van der Waals surface area (Å²) in [6, 6.07) is 5.99. The molecular formula is C14H22N2O2. The number of hydrogen-bond donors (Lipinski definition) is 2. The van der Waals surface area contributed by atoms with Gasteiger partial charge in [-0.2, -0.15) is 0 Å². The molecule has 1 aliphatic heterocycles. The van der Waals surface area contributed by atoms with Gasteiger partial charge in [0.1, 0.15) is 5.75 Å². The number of aliphatic hydroxyl groups is 1. The second-order valence-electron chi connectivity index (χ2n) is 4.83. The summed E-state index contributed by atoms with van der Waals surface area (Å²) >= 11 is 0. The lowest BCUT2D eigenvalue weighted by Crippen LogP contribution is -2.35. The lowest BCUT2D eigenvalue weighted by molar-refractivity contribution is 0.245. The molecule has 18 heavy (non-hydrogen) atoms. The Kier molecular flexibility index (Phi) is 3.97. The fourth-order valence-electron chi connectivity index (χ4n) is 2.65. The van der Waals surface area contributed by atoms with E-state index in [0.29, 0.717) is 18.2 Å². The predicted octanol–water partition coefficient (Wildman–Crippen LogP) is 1.87. The van der Waals surface area contributed by atoms with Crippen molar-refractivity contribution in [1.82, 2.24) is 0 Å². The van der Waals surface area contributed by atoms with Gasteiger partial charge in [-0.05, 0) is 31.4 Å². The number of benzene rings is 1. The summed E-state index contributed by atoms with van der Waals surface area (Å²) in [6.07, 6.45) is 1.09. The predicted molar refractivity (Wildman–Crippen MR) is 74.0 cm³/mol. The van der Waals surface area contributed by atoms with Crippen LogP contribution in [0.5, 0.6) is 5.75 Å². The van der Waals surface area contributed by atoms with E-state index in [0.717, 1.165) is 24.4 Å². The Morgan fingerprint density at radius 1 is 1.50 bits per heavy atom. The molecule has 0 spiro atoms. The minimum atomic E-state index is 0.157. The molecule has 0 aliphatic carbocycles. The number of anilines is 2.